The zero-order valence-corrected chi connectivity index (χ0v) is 13.2. The molecule has 0 saturated heterocycles. The highest BCUT2D eigenvalue weighted by Crippen LogP contribution is 2.08. The van der Waals surface area contributed by atoms with E-state index in [1.165, 1.54) is 24.3 Å². The maximum Gasteiger partial charge on any atom is 0.326 e. The molecule has 1 unspecified atom stereocenters. The van der Waals surface area contributed by atoms with Gasteiger partial charge in [-0.1, -0.05) is 13.8 Å². The van der Waals surface area contributed by atoms with Gasteiger partial charge in [0.25, 0.3) is 11.8 Å². The highest BCUT2D eigenvalue weighted by atomic mass is 16.4. The van der Waals surface area contributed by atoms with E-state index in [-0.39, 0.29) is 17.9 Å². The van der Waals surface area contributed by atoms with Crippen molar-refractivity contribution in [2.45, 2.75) is 39.8 Å². The molecule has 6 heteroatoms. The summed E-state index contributed by atoms with van der Waals surface area (Å²) in [6.45, 7) is 7.16. The van der Waals surface area contributed by atoms with Crippen molar-refractivity contribution >= 4 is 17.8 Å². The normalized spacial score (nSPS) is 12.1. The molecule has 0 radical (unpaired) electrons. The van der Waals surface area contributed by atoms with Crippen molar-refractivity contribution in [3.8, 4) is 0 Å². The molecule has 6 nitrogen and oxygen atoms in total. The van der Waals surface area contributed by atoms with Crippen molar-refractivity contribution in [2.75, 3.05) is 0 Å². The van der Waals surface area contributed by atoms with Crippen molar-refractivity contribution in [3.05, 3.63) is 35.4 Å². The summed E-state index contributed by atoms with van der Waals surface area (Å²) in [5, 5.41) is 14.3. The van der Waals surface area contributed by atoms with Gasteiger partial charge in [0.15, 0.2) is 0 Å². The fourth-order valence-electron chi connectivity index (χ4n) is 1.86. The fourth-order valence-corrected chi connectivity index (χ4v) is 1.86. The lowest BCUT2D eigenvalue weighted by Gasteiger charge is -2.18. The first-order chi connectivity index (χ1) is 10.2. The van der Waals surface area contributed by atoms with E-state index in [4.69, 9.17) is 5.11 Å². The minimum Gasteiger partial charge on any atom is -0.480 e. The summed E-state index contributed by atoms with van der Waals surface area (Å²) in [7, 11) is 0. The van der Waals surface area contributed by atoms with E-state index in [0.717, 1.165) is 0 Å². The molecule has 2 amide bonds. The van der Waals surface area contributed by atoms with Gasteiger partial charge in [0.2, 0.25) is 0 Å². The molecule has 0 heterocycles. The van der Waals surface area contributed by atoms with Gasteiger partial charge in [-0.05, 0) is 44.0 Å². The van der Waals surface area contributed by atoms with E-state index < -0.39 is 17.9 Å². The molecule has 1 aromatic carbocycles. The number of carbonyl (C=O) groups is 3. The van der Waals surface area contributed by atoms with E-state index in [0.29, 0.717) is 11.1 Å². The molecular weight excluding hydrogens is 284 g/mol. The molecule has 0 aliphatic rings. The summed E-state index contributed by atoms with van der Waals surface area (Å²) in [6.07, 6.45) is 0. The quantitative estimate of drug-likeness (QED) is 0.745. The molecule has 0 spiro atoms. The molecule has 0 aromatic heterocycles. The van der Waals surface area contributed by atoms with Gasteiger partial charge in [0, 0.05) is 17.2 Å². The second-order valence-corrected chi connectivity index (χ2v) is 5.74. The van der Waals surface area contributed by atoms with Crippen LogP contribution in [0.3, 0.4) is 0 Å². The first-order valence-electron chi connectivity index (χ1n) is 7.17. The summed E-state index contributed by atoms with van der Waals surface area (Å²) in [5.41, 5.74) is 0.761. The molecule has 120 valence electrons. The predicted molar refractivity (Wildman–Crippen MR) is 82.8 cm³/mol. The standard InChI is InChI=1S/C16H22N2O4/c1-9(2)13(16(21)22)18-15(20)12-7-5-11(6-8-12)14(19)17-10(3)4/h5-10,13H,1-4H3,(H,17,19)(H,18,20)(H,21,22). The molecule has 0 aliphatic carbocycles. The van der Waals surface area contributed by atoms with Crippen LogP contribution in [0.2, 0.25) is 0 Å². The average Bonchev–Trinajstić information content (AvgIpc) is 2.43. The Morgan fingerprint density at radius 1 is 0.864 bits per heavy atom. The number of hydrogen-bond donors (Lipinski definition) is 3. The number of nitrogens with one attached hydrogen (secondary N) is 2. The second-order valence-electron chi connectivity index (χ2n) is 5.74. The molecule has 3 N–H and O–H groups in total. The van der Waals surface area contributed by atoms with E-state index in [9.17, 15) is 14.4 Å². The lowest BCUT2D eigenvalue weighted by Crippen LogP contribution is -2.44. The number of hydrogen-bond acceptors (Lipinski definition) is 3. The molecule has 1 aromatic rings. The Balaban J connectivity index is 2.79. The van der Waals surface area contributed by atoms with E-state index in [1.807, 2.05) is 13.8 Å². The lowest BCUT2D eigenvalue weighted by atomic mass is 10.0. The third-order valence-corrected chi connectivity index (χ3v) is 3.05. The topological polar surface area (TPSA) is 95.5 Å². The molecule has 1 rings (SSSR count). The van der Waals surface area contributed by atoms with Crippen LogP contribution in [0.4, 0.5) is 0 Å². The third-order valence-electron chi connectivity index (χ3n) is 3.05. The van der Waals surface area contributed by atoms with Gasteiger partial charge in [0.05, 0.1) is 0 Å². The van der Waals surface area contributed by atoms with Crippen molar-refractivity contribution in [1.82, 2.24) is 10.6 Å². The van der Waals surface area contributed by atoms with Crippen LogP contribution >= 0.6 is 0 Å². The van der Waals surface area contributed by atoms with Crippen LogP contribution in [0.15, 0.2) is 24.3 Å². The highest BCUT2D eigenvalue weighted by molar-refractivity contribution is 5.99. The minimum absolute atomic E-state index is 0.0258. The summed E-state index contributed by atoms with van der Waals surface area (Å²) in [4.78, 5) is 34.9. The Labute approximate surface area is 129 Å². The smallest absolute Gasteiger partial charge is 0.326 e. The highest BCUT2D eigenvalue weighted by Gasteiger charge is 2.23. The van der Waals surface area contributed by atoms with Crippen molar-refractivity contribution in [2.24, 2.45) is 5.92 Å². The largest absolute Gasteiger partial charge is 0.480 e. The van der Waals surface area contributed by atoms with Crippen molar-refractivity contribution in [1.29, 1.82) is 0 Å². The summed E-state index contributed by atoms with van der Waals surface area (Å²) in [5.74, 6) is -1.99. The number of benzene rings is 1. The monoisotopic (exact) mass is 306 g/mol. The molecule has 0 aliphatic heterocycles. The molecule has 22 heavy (non-hydrogen) atoms. The van der Waals surface area contributed by atoms with Crippen LogP contribution in [0.1, 0.15) is 48.4 Å². The first-order valence-corrected chi connectivity index (χ1v) is 7.17. The van der Waals surface area contributed by atoms with Gasteiger partial charge in [0.1, 0.15) is 6.04 Å². The number of amides is 2. The van der Waals surface area contributed by atoms with Crippen LogP contribution in [0, 0.1) is 5.92 Å². The van der Waals surface area contributed by atoms with Crippen LogP contribution in [0.5, 0.6) is 0 Å². The Morgan fingerprint density at radius 2 is 1.27 bits per heavy atom. The third kappa shape index (κ3) is 4.87. The van der Waals surface area contributed by atoms with E-state index in [2.05, 4.69) is 10.6 Å². The number of aliphatic carboxylic acids is 1. The maximum absolute atomic E-state index is 12.0. The Kier molecular flexibility index (Phi) is 6.10. The molecule has 0 fully saturated rings. The van der Waals surface area contributed by atoms with Gasteiger partial charge < -0.3 is 15.7 Å². The Morgan fingerprint density at radius 3 is 1.59 bits per heavy atom. The number of rotatable bonds is 6. The Bertz CT molecular complexity index is 550. The summed E-state index contributed by atoms with van der Waals surface area (Å²) >= 11 is 0. The van der Waals surface area contributed by atoms with Gasteiger partial charge in [-0.2, -0.15) is 0 Å². The fraction of sp³-hybridized carbons (Fsp3) is 0.438. The van der Waals surface area contributed by atoms with Gasteiger partial charge in [-0.15, -0.1) is 0 Å². The van der Waals surface area contributed by atoms with Gasteiger partial charge >= 0.3 is 5.97 Å². The summed E-state index contributed by atoms with van der Waals surface area (Å²) < 4.78 is 0. The maximum atomic E-state index is 12.0. The van der Waals surface area contributed by atoms with Gasteiger partial charge in [-0.25, -0.2) is 4.79 Å². The number of carboxylic acid groups (broad SMARTS) is 1. The second kappa shape index (κ2) is 7.59. The van der Waals surface area contributed by atoms with E-state index in [1.54, 1.807) is 13.8 Å². The molecule has 0 bridgehead atoms. The van der Waals surface area contributed by atoms with Crippen LogP contribution in [-0.2, 0) is 4.79 Å². The zero-order chi connectivity index (χ0) is 16.9. The van der Waals surface area contributed by atoms with Crippen LogP contribution < -0.4 is 10.6 Å². The minimum atomic E-state index is -1.07. The molecule has 1 atom stereocenters. The van der Waals surface area contributed by atoms with Crippen molar-refractivity contribution < 1.29 is 19.5 Å². The summed E-state index contributed by atoms with van der Waals surface area (Å²) in [6, 6.07) is 5.16. The van der Waals surface area contributed by atoms with E-state index >= 15 is 0 Å². The molecule has 0 saturated carbocycles. The zero-order valence-electron chi connectivity index (χ0n) is 13.2. The average molecular weight is 306 g/mol. The van der Waals surface area contributed by atoms with Crippen LogP contribution in [0.25, 0.3) is 0 Å². The molecular formula is C16H22N2O4. The predicted octanol–water partition coefficient (Wildman–Crippen LogP) is 1.66. The first kappa shape index (κ1) is 17.7. The number of carboxylic acids is 1. The van der Waals surface area contributed by atoms with Crippen LogP contribution in [-0.4, -0.2) is 35.0 Å². The lowest BCUT2D eigenvalue weighted by molar-refractivity contribution is -0.140. The van der Waals surface area contributed by atoms with Gasteiger partial charge in [-0.3, -0.25) is 9.59 Å². The van der Waals surface area contributed by atoms with Crippen molar-refractivity contribution in [3.63, 3.8) is 0 Å². The Hall–Kier alpha value is -2.37. The number of carbonyl (C=O) groups excluding carboxylic acids is 2. The SMILES string of the molecule is CC(C)NC(=O)c1ccc(C(=O)NC(C(=O)O)C(C)C)cc1.